The number of piperidine rings is 1. The molecule has 2 aliphatic rings. The maximum absolute atomic E-state index is 13.2. The first kappa shape index (κ1) is 20.8. The van der Waals surface area contributed by atoms with Crippen LogP contribution in [0.15, 0.2) is 27.8 Å². The highest BCUT2D eigenvalue weighted by Crippen LogP contribution is 2.34. The van der Waals surface area contributed by atoms with Crippen LogP contribution in [0.2, 0.25) is 0 Å². The number of carbonyl (C=O) groups excluding carboxylic acids is 1. The summed E-state index contributed by atoms with van der Waals surface area (Å²) in [6.45, 7) is 3.42. The van der Waals surface area contributed by atoms with Crippen LogP contribution in [0.5, 0.6) is 11.5 Å². The first-order chi connectivity index (χ1) is 15.0. The molecule has 31 heavy (non-hydrogen) atoms. The van der Waals surface area contributed by atoms with E-state index in [0.29, 0.717) is 48.9 Å². The molecule has 1 aromatic heterocycles. The molecular formula is C21H27N5O5. The van der Waals surface area contributed by atoms with Crippen LogP contribution in [-0.2, 0) is 17.9 Å². The predicted octanol–water partition coefficient (Wildman–Crippen LogP) is 1.36. The van der Waals surface area contributed by atoms with Gasteiger partial charge in [0.25, 0.3) is 5.56 Å². The molecule has 166 valence electrons. The number of nitrogens with zero attached hydrogens (tertiary/aromatic N) is 3. The van der Waals surface area contributed by atoms with Crippen molar-refractivity contribution < 1.29 is 14.3 Å². The molecule has 0 spiro atoms. The van der Waals surface area contributed by atoms with Crippen LogP contribution in [-0.4, -0.2) is 34.9 Å². The molecule has 2 aromatic rings. The standard InChI is InChI=1S/C21H27N5O5/c1-2-8-25-19(22)18(24-9-4-3-5-10-24)20(28)26(21(25)29)12-17(27)23-14-6-7-15-16(11-14)31-13-30-15/h6-7,11H,2-5,8-10,12-13,22H2,1H3,(H,23,27). The van der Waals surface area contributed by atoms with Crippen LogP contribution in [0, 0.1) is 0 Å². The first-order valence-corrected chi connectivity index (χ1v) is 10.6. The molecule has 0 unspecified atom stereocenters. The second-order valence-corrected chi connectivity index (χ2v) is 7.72. The SMILES string of the molecule is CCCn1c(N)c(N2CCCCC2)c(=O)n(CC(=O)Nc2ccc3c(c2)OCO3)c1=O. The lowest BCUT2D eigenvalue weighted by Gasteiger charge is -2.30. The molecule has 1 fully saturated rings. The van der Waals surface area contributed by atoms with Gasteiger partial charge in [0.15, 0.2) is 11.5 Å². The lowest BCUT2D eigenvalue weighted by molar-refractivity contribution is -0.116. The molecular weight excluding hydrogens is 402 g/mol. The number of hydrogen-bond donors (Lipinski definition) is 2. The van der Waals surface area contributed by atoms with Crippen molar-refractivity contribution in [2.45, 2.75) is 45.7 Å². The summed E-state index contributed by atoms with van der Waals surface area (Å²) in [4.78, 5) is 40.8. The molecule has 1 amide bonds. The molecule has 0 bridgehead atoms. The molecule has 0 saturated carbocycles. The third-order valence-electron chi connectivity index (χ3n) is 5.52. The van der Waals surface area contributed by atoms with Crippen molar-refractivity contribution in [3.8, 4) is 11.5 Å². The largest absolute Gasteiger partial charge is 0.454 e. The topological polar surface area (TPSA) is 121 Å². The zero-order chi connectivity index (χ0) is 22.0. The van der Waals surface area contributed by atoms with Crippen molar-refractivity contribution in [2.75, 3.05) is 35.8 Å². The molecule has 10 heteroatoms. The molecule has 0 aliphatic carbocycles. The van der Waals surface area contributed by atoms with Crippen LogP contribution in [0.4, 0.5) is 17.2 Å². The van der Waals surface area contributed by atoms with Crippen molar-refractivity contribution in [1.29, 1.82) is 0 Å². The lowest BCUT2D eigenvalue weighted by Crippen LogP contribution is -2.47. The van der Waals surface area contributed by atoms with E-state index in [0.717, 1.165) is 23.8 Å². The first-order valence-electron chi connectivity index (χ1n) is 10.6. The van der Waals surface area contributed by atoms with E-state index in [9.17, 15) is 14.4 Å². The Morgan fingerprint density at radius 1 is 1.10 bits per heavy atom. The Hall–Kier alpha value is -3.43. The summed E-state index contributed by atoms with van der Waals surface area (Å²) in [7, 11) is 0. The number of nitrogen functional groups attached to an aromatic ring is 1. The van der Waals surface area contributed by atoms with E-state index >= 15 is 0 Å². The number of anilines is 3. The number of nitrogens with two attached hydrogens (primary N) is 1. The fourth-order valence-electron chi connectivity index (χ4n) is 4.01. The molecule has 0 atom stereocenters. The van der Waals surface area contributed by atoms with E-state index in [2.05, 4.69) is 5.32 Å². The van der Waals surface area contributed by atoms with Gasteiger partial charge < -0.3 is 25.4 Å². The number of ether oxygens (including phenoxy) is 2. The van der Waals surface area contributed by atoms with Gasteiger partial charge >= 0.3 is 5.69 Å². The Labute approximate surface area is 179 Å². The summed E-state index contributed by atoms with van der Waals surface area (Å²) in [6, 6.07) is 5.00. The van der Waals surface area contributed by atoms with Gasteiger partial charge in [-0.1, -0.05) is 6.92 Å². The Balaban J connectivity index is 1.65. The van der Waals surface area contributed by atoms with Crippen molar-refractivity contribution in [2.24, 2.45) is 0 Å². The number of carbonyl (C=O) groups is 1. The predicted molar refractivity (Wildman–Crippen MR) is 117 cm³/mol. The van der Waals surface area contributed by atoms with Crippen LogP contribution >= 0.6 is 0 Å². The van der Waals surface area contributed by atoms with Crippen molar-refractivity contribution in [1.82, 2.24) is 9.13 Å². The Morgan fingerprint density at radius 3 is 2.58 bits per heavy atom. The summed E-state index contributed by atoms with van der Waals surface area (Å²) in [5.74, 6) is 0.808. The summed E-state index contributed by atoms with van der Waals surface area (Å²) in [5.41, 5.74) is 5.95. The van der Waals surface area contributed by atoms with Crippen LogP contribution in [0.1, 0.15) is 32.6 Å². The molecule has 4 rings (SSSR count). The average Bonchev–Trinajstić information content (AvgIpc) is 3.23. The fourth-order valence-corrected chi connectivity index (χ4v) is 4.01. The number of nitrogens with one attached hydrogen (secondary N) is 1. The number of amides is 1. The van der Waals surface area contributed by atoms with Gasteiger partial charge in [-0.05, 0) is 37.8 Å². The second-order valence-electron chi connectivity index (χ2n) is 7.72. The molecule has 3 heterocycles. The summed E-state index contributed by atoms with van der Waals surface area (Å²) < 4.78 is 12.9. The highest BCUT2D eigenvalue weighted by atomic mass is 16.7. The van der Waals surface area contributed by atoms with Crippen molar-refractivity contribution in [3.63, 3.8) is 0 Å². The minimum Gasteiger partial charge on any atom is -0.454 e. The zero-order valence-electron chi connectivity index (χ0n) is 17.6. The van der Waals surface area contributed by atoms with Crippen molar-refractivity contribution in [3.05, 3.63) is 39.0 Å². The maximum atomic E-state index is 13.2. The van der Waals surface area contributed by atoms with E-state index in [1.54, 1.807) is 18.2 Å². The van der Waals surface area contributed by atoms with E-state index in [1.165, 1.54) is 4.57 Å². The minimum absolute atomic E-state index is 0.129. The van der Waals surface area contributed by atoms with Gasteiger partial charge in [0.05, 0.1) is 0 Å². The maximum Gasteiger partial charge on any atom is 0.333 e. The molecule has 1 aromatic carbocycles. The Kier molecular flexibility index (Phi) is 5.88. The highest BCUT2D eigenvalue weighted by Gasteiger charge is 2.24. The van der Waals surface area contributed by atoms with Gasteiger partial charge in [0.1, 0.15) is 18.1 Å². The number of fused-ring (bicyclic) bond motifs is 1. The van der Waals surface area contributed by atoms with Crippen LogP contribution in [0.25, 0.3) is 0 Å². The quantitative estimate of drug-likeness (QED) is 0.711. The molecule has 0 radical (unpaired) electrons. The van der Waals surface area contributed by atoms with Crippen LogP contribution < -0.4 is 36.7 Å². The van der Waals surface area contributed by atoms with E-state index in [-0.39, 0.29) is 12.6 Å². The average molecular weight is 429 g/mol. The third-order valence-corrected chi connectivity index (χ3v) is 5.52. The smallest absolute Gasteiger partial charge is 0.333 e. The lowest BCUT2D eigenvalue weighted by atomic mass is 10.1. The van der Waals surface area contributed by atoms with E-state index in [4.69, 9.17) is 15.2 Å². The second kappa shape index (κ2) is 8.75. The summed E-state index contributed by atoms with van der Waals surface area (Å²) in [6.07, 6.45) is 3.68. The minimum atomic E-state index is -0.578. The normalized spacial score (nSPS) is 15.2. The third kappa shape index (κ3) is 4.10. The number of benzene rings is 1. The molecule has 3 N–H and O–H groups in total. The van der Waals surface area contributed by atoms with Gasteiger partial charge in [-0.15, -0.1) is 0 Å². The van der Waals surface area contributed by atoms with Gasteiger partial charge in [0.2, 0.25) is 12.7 Å². The summed E-state index contributed by atoms with van der Waals surface area (Å²) >= 11 is 0. The van der Waals surface area contributed by atoms with Gasteiger partial charge in [-0.2, -0.15) is 0 Å². The number of rotatable bonds is 6. The molecule has 2 aliphatic heterocycles. The van der Waals surface area contributed by atoms with Crippen LogP contribution in [0.3, 0.4) is 0 Å². The molecule has 1 saturated heterocycles. The molecule has 10 nitrogen and oxygen atoms in total. The van der Waals surface area contributed by atoms with Crippen molar-refractivity contribution >= 4 is 23.1 Å². The monoisotopic (exact) mass is 429 g/mol. The van der Waals surface area contributed by atoms with E-state index in [1.807, 2.05) is 11.8 Å². The fraction of sp³-hybridized carbons (Fsp3) is 0.476. The van der Waals surface area contributed by atoms with Gasteiger partial charge in [-0.3, -0.25) is 14.2 Å². The Morgan fingerprint density at radius 2 is 1.84 bits per heavy atom. The van der Waals surface area contributed by atoms with Gasteiger partial charge in [0, 0.05) is 31.4 Å². The van der Waals surface area contributed by atoms with Gasteiger partial charge in [-0.25, -0.2) is 9.36 Å². The highest BCUT2D eigenvalue weighted by molar-refractivity contribution is 5.91. The Bertz CT molecular complexity index is 1100. The zero-order valence-corrected chi connectivity index (χ0v) is 17.6. The van der Waals surface area contributed by atoms with E-state index < -0.39 is 23.7 Å². The summed E-state index contributed by atoms with van der Waals surface area (Å²) in [5, 5.41) is 2.71. The number of hydrogen-bond acceptors (Lipinski definition) is 7. The number of aromatic nitrogens is 2.